The molecule has 0 saturated heterocycles. The Balaban J connectivity index is 2.01. The molecular formula is C23H37NS. The zero-order chi connectivity index (χ0) is 19.0. The van der Waals surface area contributed by atoms with Crippen LogP contribution in [0.15, 0.2) is 18.2 Å². The Bertz CT molecular complexity index is 646. The van der Waals surface area contributed by atoms with Gasteiger partial charge in [0, 0.05) is 0 Å². The second-order valence-corrected chi connectivity index (χ2v) is 15.1. The van der Waals surface area contributed by atoms with E-state index in [-0.39, 0.29) is 5.41 Å². The first kappa shape index (κ1) is 20.4. The van der Waals surface area contributed by atoms with Crippen molar-refractivity contribution in [2.24, 2.45) is 11.8 Å². The van der Waals surface area contributed by atoms with Crippen LogP contribution in [0.3, 0.4) is 0 Å². The summed E-state index contributed by atoms with van der Waals surface area (Å²) < 4.78 is 0.449. The fourth-order valence-corrected chi connectivity index (χ4v) is 5.80. The summed E-state index contributed by atoms with van der Waals surface area (Å²) in [5, 5.41) is 9.22. The van der Waals surface area contributed by atoms with Gasteiger partial charge in [-0.25, -0.2) is 10.0 Å². The molecule has 1 aliphatic carbocycles. The van der Waals surface area contributed by atoms with Gasteiger partial charge in [0.1, 0.15) is 0 Å². The quantitative estimate of drug-likeness (QED) is 0.620. The molecule has 0 N–H and O–H groups in total. The summed E-state index contributed by atoms with van der Waals surface area (Å²) in [6.45, 7) is 14.0. The van der Waals surface area contributed by atoms with Gasteiger partial charge in [-0.3, -0.25) is 0 Å². The highest BCUT2D eigenvalue weighted by Crippen LogP contribution is 2.57. The average Bonchev–Trinajstić information content (AvgIpc) is 2.42. The number of hydrogen-bond acceptors (Lipinski definition) is 1. The third-order valence-electron chi connectivity index (χ3n) is 6.20. The molecular weight excluding hydrogens is 322 g/mol. The lowest BCUT2D eigenvalue weighted by molar-refractivity contribution is 0.214. The Labute approximate surface area is 157 Å². The summed E-state index contributed by atoms with van der Waals surface area (Å²) in [4.78, 5) is 0. The largest absolute Gasteiger partial charge is 0.242 e. The van der Waals surface area contributed by atoms with Crippen LogP contribution in [0.4, 0.5) is 0 Å². The lowest BCUT2D eigenvalue weighted by Gasteiger charge is -2.50. The maximum Gasteiger partial charge on any atom is 0.0991 e. The van der Waals surface area contributed by atoms with Crippen molar-refractivity contribution in [1.82, 2.24) is 0 Å². The van der Waals surface area contributed by atoms with Gasteiger partial charge in [-0.15, -0.1) is 0 Å². The minimum Gasteiger partial charge on any atom is -0.242 e. The third kappa shape index (κ3) is 4.82. The van der Waals surface area contributed by atoms with Crippen molar-refractivity contribution >= 4 is 10.0 Å². The van der Waals surface area contributed by atoms with Crippen molar-refractivity contribution in [3.63, 3.8) is 0 Å². The van der Waals surface area contributed by atoms with Crippen LogP contribution in [-0.4, -0.2) is 23.0 Å². The zero-order valence-corrected chi connectivity index (χ0v) is 18.4. The summed E-state index contributed by atoms with van der Waals surface area (Å²) >= 11 is 0. The van der Waals surface area contributed by atoms with Gasteiger partial charge in [-0.1, -0.05) is 47.6 Å². The van der Waals surface area contributed by atoms with Crippen LogP contribution >= 0.6 is 10.0 Å². The van der Waals surface area contributed by atoms with Crippen LogP contribution in [0.5, 0.6) is 0 Å². The number of rotatable bonds is 4. The molecule has 0 unspecified atom stereocenters. The molecule has 1 nitrogen and oxygen atoms in total. The van der Waals surface area contributed by atoms with Gasteiger partial charge in [0.2, 0.25) is 0 Å². The third-order valence-corrected chi connectivity index (χ3v) is 10.8. The Hall–Kier alpha value is -0.940. The number of nitrogens with zero attached hydrogens (tertiary/aromatic N) is 1. The molecule has 140 valence electrons. The first-order valence-electron chi connectivity index (χ1n) is 9.57. The van der Waals surface area contributed by atoms with Gasteiger partial charge in [-0.2, -0.15) is 5.26 Å². The van der Waals surface area contributed by atoms with Gasteiger partial charge in [0.05, 0.1) is 11.6 Å². The van der Waals surface area contributed by atoms with Crippen molar-refractivity contribution in [3.05, 3.63) is 34.9 Å². The molecule has 25 heavy (non-hydrogen) atoms. The molecule has 1 aliphatic rings. The summed E-state index contributed by atoms with van der Waals surface area (Å²) in [6, 6.07) is 8.61. The van der Waals surface area contributed by atoms with Gasteiger partial charge in [0.15, 0.2) is 0 Å². The van der Waals surface area contributed by atoms with Gasteiger partial charge in [0.25, 0.3) is 0 Å². The Morgan fingerprint density at radius 3 is 2.12 bits per heavy atom. The second-order valence-electron chi connectivity index (χ2n) is 10.5. The van der Waals surface area contributed by atoms with E-state index in [4.69, 9.17) is 0 Å². The molecule has 2 rings (SSSR count). The molecule has 0 spiro atoms. The monoisotopic (exact) mass is 359 g/mol. The molecule has 0 heterocycles. The standard InChI is InChI=1S/C23H37NS/c1-22(2,3)21-14-17(15-24)9-10-20(21)13-18-11-19(12-18)16-25(7,8)23(4,5)6/h9-10,14,18-19H,11-13,16H2,1-8H3/t18-,19+. The van der Waals surface area contributed by atoms with E-state index in [1.165, 1.54) is 36.1 Å². The maximum absolute atomic E-state index is 9.22. The summed E-state index contributed by atoms with van der Waals surface area (Å²) in [7, 11) is -0.531. The first-order valence-corrected chi connectivity index (χ1v) is 12.2. The minimum absolute atomic E-state index is 0.101. The zero-order valence-electron chi connectivity index (χ0n) is 17.6. The normalized spacial score (nSPS) is 22.2. The van der Waals surface area contributed by atoms with Crippen LogP contribution in [0, 0.1) is 23.2 Å². The van der Waals surface area contributed by atoms with E-state index in [0.717, 1.165) is 17.4 Å². The van der Waals surface area contributed by atoms with Crippen molar-refractivity contribution < 1.29 is 0 Å². The lowest BCUT2D eigenvalue weighted by atomic mass is 9.71. The number of nitriles is 1. The number of benzene rings is 1. The second kappa shape index (κ2) is 6.99. The van der Waals surface area contributed by atoms with Crippen molar-refractivity contribution in [2.45, 2.75) is 71.0 Å². The minimum atomic E-state index is -0.531. The van der Waals surface area contributed by atoms with Crippen LogP contribution in [-0.2, 0) is 11.8 Å². The molecule has 0 aliphatic heterocycles. The van der Waals surface area contributed by atoms with Crippen LogP contribution < -0.4 is 0 Å². The molecule has 0 bridgehead atoms. The molecule has 1 aromatic rings. The average molecular weight is 360 g/mol. The summed E-state index contributed by atoms with van der Waals surface area (Å²) in [5.74, 6) is 3.17. The number of hydrogen-bond donors (Lipinski definition) is 0. The van der Waals surface area contributed by atoms with E-state index < -0.39 is 10.0 Å². The maximum atomic E-state index is 9.22. The van der Waals surface area contributed by atoms with Gasteiger partial charge in [-0.05, 0) is 82.8 Å². The van der Waals surface area contributed by atoms with Crippen LogP contribution in [0.25, 0.3) is 0 Å². The molecule has 1 fully saturated rings. The predicted octanol–water partition coefficient (Wildman–Crippen LogP) is 6.29. The molecule has 0 radical (unpaired) electrons. The highest BCUT2D eigenvalue weighted by atomic mass is 32.3. The summed E-state index contributed by atoms with van der Waals surface area (Å²) in [6.07, 6.45) is 8.98. The molecule has 0 aromatic heterocycles. The fourth-order valence-electron chi connectivity index (χ4n) is 3.85. The molecule has 1 saturated carbocycles. The SMILES string of the molecule is CC(C)(C)c1cc(C#N)ccc1C[C@H]1C[C@@H](CS(C)(C)C(C)(C)C)C1. The molecule has 0 atom stereocenters. The van der Waals surface area contributed by atoms with Crippen molar-refractivity contribution in [2.75, 3.05) is 18.3 Å². The fraction of sp³-hybridized carbons (Fsp3) is 0.696. The highest BCUT2D eigenvalue weighted by molar-refractivity contribution is 8.33. The first-order chi connectivity index (χ1) is 11.3. The van der Waals surface area contributed by atoms with E-state index in [9.17, 15) is 5.26 Å². The van der Waals surface area contributed by atoms with Crippen molar-refractivity contribution in [3.8, 4) is 6.07 Å². The van der Waals surface area contributed by atoms with Gasteiger partial charge < -0.3 is 0 Å². The van der Waals surface area contributed by atoms with E-state index in [1.54, 1.807) is 0 Å². The Morgan fingerprint density at radius 1 is 1.04 bits per heavy atom. The summed E-state index contributed by atoms with van der Waals surface area (Å²) in [5.41, 5.74) is 3.70. The molecule has 1 aromatic carbocycles. The predicted molar refractivity (Wildman–Crippen MR) is 114 cm³/mol. The topological polar surface area (TPSA) is 23.8 Å². The van der Waals surface area contributed by atoms with E-state index in [0.29, 0.717) is 4.75 Å². The van der Waals surface area contributed by atoms with Crippen molar-refractivity contribution in [1.29, 1.82) is 5.26 Å². The van der Waals surface area contributed by atoms with Crippen LogP contribution in [0.2, 0.25) is 0 Å². The Kier molecular flexibility index (Phi) is 5.70. The highest BCUT2D eigenvalue weighted by Gasteiger charge is 2.36. The van der Waals surface area contributed by atoms with Crippen LogP contribution in [0.1, 0.15) is 71.1 Å². The van der Waals surface area contributed by atoms with E-state index in [1.807, 2.05) is 6.07 Å². The Morgan fingerprint density at radius 2 is 1.64 bits per heavy atom. The van der Waals surface area contributed by atoms with Gasteiger partial charge >= 0.3 is 0 Å². The van der Waals surface area contributed by atoms with E-state index >= 15 is 0 Å². The lowest BCUT2D eigenvalue weighted by Crippen LogP contribution is -2.35. The molecule has 0 amide bonds. The smallest absolute Gasteiger partial charge is 0.0991 e. The molecule has 2 heteroatoms. The van der Waals surface area contributed by atoms with E-state index in [2.05, 4.69) is 72.3 Å².